The van der Waals surface area contributed by atoms with Gasteiger partial charge < -0.3 is 17.8 Å². The average Bonchev–Trinajstić information content (AvgIpc) is 3.00. The Labute approximate surface area is 145 Å². The molecule has 0 N–H and O–H groups in total. The van der Waals surface area contributed by atoms with E-state index in [1.807, 2.05) is 20.8 Å². The average molecular weight is 347 g/mol. The topological polar surface area (TPSA) is 27.7 Å². The molecule has 0 atom stereocenters. The fourth-order valence-electron chi connectivity index (χ4n) is 3.81. The minimum absolute atomic E-state index is 0.683. The van der Waals surface area contributed by atoms with E-state index in [2.05, 4.69) is 6.92 Å². The van der Waals surface area contributed by atoms with Crippen LogP contribution in [0.25, 0.3) is 0 Å². The molecule has 0 radical (unpaired) electrons. The zero-order chi connectivity index (χ0) is 17.0. The van der Waals surface area contributed by atoms with E-state index in [1.165, 1.54) is 69.2 Å². The van der Waals surface area contributed by atoms with Crippen LogP contribution in [0.1, 0.15) is 66.2 Å². The lowest BCUT2D eigenvalue weighted by Gasteiger charge is -2.37. The summed E-state index contributed by atoms with van der Waals surface area (Å²) in [5, 5.41) is 0. The van der Waals surface area contributed by atoms with E-state index in [0.717, 1.165) is 6.04 Å². The smallest absolute Gasteiger partial charge is 0.374 e. The third-order valence-corrected chi connectivity index (χ3v) is 8.01. The summed E-state index contributed by atoms with van der Waals surface area (Å²) in [6, 6.07) is 0.969. The lowest BCUT2D eigenvalue weighted by molar-refractivity contribution is -0.915. The SMILES string of the molecule is CCCCCC[N+]1(CC[Si](OCC)(OCC)OCC)CCCC1. The van der Waals surface area contributed by atoms with Gasteiger partial charge in [0.05, 0.1) is 32.2 Å². The van der Waals surface area contributed by atoms with E-state index in [9.17, 15) is 0 Å². The fraction of sp³-hybridized carbons (Fsp3) is 1.00. The molecule has 1 fully saturated rings. The Morgan fingerprint density at radius 1 is 0.739 bits per heavy atom. The van der Waals surface area contributed by atoms with Crippen molar-refractivity contribution in [3.05, 3.63) is 0 Å². The second kappa shape index (κ2) is 11.6. The normalized spacial score (nSPS) is 17.7. The Balaban J connectivity index is 2.62. The highest BCUT2D eigenvalue weighted by atomic mass is 28.4. The molecule has 1 aliphatic rings. The van der Waals surface area contributed by atoms with Gasteiger partial charge in [0, 0.05) is 32.7 Å². The van der Waals surface area contributed by atoms with Crippen LogP contribution in [0.3, 0.4) is 0 Å². The standard InChI is InChI=1S/C18H40NO3Si/c1-5-9-10-11-14-19(15-12-13-16-19)17-18-23(20-6-2,21-7-3)22-8-4/h5-18H2,1-4H3/q+1. The molecule has 5 heteroatoms. The third-order valence-electron chi connectivity index (χ3n) is 4.99. The summed E-state index contributed by atoms with van der Waals surface area (Å²) in [6.07, 6.45) is 8.17. The van der Waals surface area contributed by atoms with Gasteiger partial charge in [-0.1, -0.05) is 19.8 Å². The first kappa shape index (κ1) is 21.1. The minimum Gasteiger partial charge on any atom is -0.374 e. The summed E-state index contributed by atoms with van der Waals surface area (Å²) in [5.74, 6) is 0. The summed E-state index contributed by atoms with van der Waals surface area (Å²) >= 11 is 0. The summed E-state index contributed by atoms with van der Waals surface area (Å²) in [5.41, 5.74) is 0. The maximum Gasteiger partial charge on any atom is 0.506 e. The highest BCUT2D eigenvalue weighted by molar-refractivity contribution is 6.60. The summed E-state index contributed by atoms with van der Waals surface area (Å²) in [7, 11) is -2.48. The monoisotopic (exact) mass is 346 g/mol. The van der Waals surface area contributed by atoms with Crippen LogP contribution in [-0.2, 0) is 13.3 Å². The molecule has 0 amide bonds. The van der Waals surface area contributed by atoms with E-state index < -0.39 is 8.80 Å². The second-order valence-electron chi connectivity index (χ2n) is 6.74. The summed E-state index contributed by atoms with van der Waals surface area (Å²) in [4.78, 5) is 0. The molecule has 1 heterocycles. The highest BCUT2D eigenvalue weighted by Gasteiger charge is 2.44. The number of rotatable bonds is 14. The van der Waals surface area contributed by atoms with E-state index in [4.69, 9.17) is 13.3 Å². The first-order valence-electron chi connectivity index (χ1n) is 9.93. The van der Waals surface area contributed by atoms with E-state index in [-0.39, 0.29) is 0 Å². The molecule has 0 spiro atoms. The molecule has 4 nitrogen and oxygen atoms in total. The molecule has 0 aliphatic carbocycles. The first-order chi connectivity index (χ1) is 11.2. The third kappa shape index (κ3) is 7.22. The Hall–Kier alpha value is 0.0569. The van der Waals surface area contributed by atoms with Gasteiger partial charge >= 0.3 is 8.80 Å². The van der Waals surface area contributed by atoms with Crippen molar-refractivity contribution in [3.8, 4) is 0 Å². The lowest BCUT2D eigenvalue weighted by atomic mass is 10.2. The van der Waals surface area contributed by atoms with Crippen molar-refractivity contribution < 1.29 is 17.8 Å². The van der Waals surface area contributed by atoms with Gasteiger partial charge in [-0.15, -0.1) is 0 Å². The fourth-order valence-corrected chi connectivity index (χ4v) is 6.57. The Morgan fingerprint density at radius 3 is 1.78 bits per heavy atom. The molecule has 0 unspecified atom stereocenters. The number of unbranched alkanes of at least 4 members (excludes halogenated alkanes) is 3. The lowest BCUT2D eigenvalue weighted by Crippen LogP contribution is -2.53. The molecule has 1 saturated heterocycles. The van der Waals surface area contributed by atoms with E-state index in [0.29, 0.717) is 19.8 Å². The Morgan fingerprint density at radius 2 is 1.30 bits per heavy atom. The summed E-state index contributed by atoms with van der Waals surface area (Å²) in [6.45, 7) is 15.6. The predicted molar refractivity (Wildman–Crippen MR) is 98.5 cm³/mol. The zero-order valence-corrected chi connectivity index (χ0v) is 17.1. The van der Waals surface area contributed by atoms with E-state index in [1.54, 1.807) is 0 Å². The number of quaternary nitrogens is 1. The van der Waals surface area contributed by atoms with Gasteiger partial charge in [0.2, 0.25) is 0 Å². The van der Waals surface area contributed by atoms with Crippen LogP contribution in [0.4, 0.5) is 0 Å². The van der Waals surface area contributed by atoms with Crippen molar-refractivity contribution in [1.29, 1.82) is 0 Å². The zero-order valence-electron chi connectivity index (χ0n) is 16.1. The Kier molecular flexibility index (Phi) is 10.6. The molecular weight excluding hydrogens is 306 g/mol. The highest BCUT2D eigenvalue weighted by Crippen LogP contribution is 2.26. The molecule has 138 valence electrons. The molecule has 23 heavy (non-hydrogen) atoms. The molecule has 0 aromatic rings. The van der Waals surface area contributed by atoms with Crippen molar-refractivity contribution in [2.75, 3.05) is 46.0 Å². The summed E-state index contributed by atoms with van der Waals surface area (Å²) < 4.78 is 19.4. The van der Waals surface area contributed by atoms with Crippen LogP contribution in [-0.4, -0.2) is 59.3 Å². The quantitative estimate of drug-likeness (QED) is 0.268. The maximum atomic E-state index is 6.04. The van der Waals surface area contributed by atoms with Crippen LogP contribution in [0.2, 0.25) is 6.04 Å². The van der Waals surface area contributed by atoms with E-state index >= 15 is 0 Å². The van der Waals surface area contributed by atoms with Gasteiger partial charge in [0.25, 0.3) is 0 Å². The second-order valence-corrected chi connectivity index (χ2v) is 9.47. The molecule has 0 aromatic carbocycles. The molecule has 0 aromatic heterocycles. The first-order valence-corrected chi connectivity index (χ1v) is 11.9. The van der Waals surface area contributed by atoms with Crippen LogP contribution in [0.5, 0.6) is 0 Å². The van der Waals surface area contributed by atoms with Gasteiger partial charge in [-0.2, -0.15) is 0 Å². The molecule has 0 bridgehead atoms. The van der Waals surface area contributed by atoms with Crippen LogP contribution in [0.15, 0.2) is 0 Å². The van der Waals surface area contributed by atoms with Gasteiger partial charge in [-0.3, -0.25) is 0 Å². The maximum absolute atomic E-state index is 6.04. The number of likely N-dealkylation sites (tertiary alicyclic amines) is 1. The Bertz CT molecular complexity index is 279. The van der Waals surface area contributed by atoms with Crippen molar-refractivity contribution in [3.63, 3.8) is 0 Å². The minimum atomic E-state index is -2.48. The van der Waals surface area contributed by atoms with Gasteiger partial charge in [0.1, 0.15) is 0 Å². The van der Waals surface area contributed by atoms with Gasteiger partial charge in [-0.25, -0.2) is 0 Å². The number of hydrogen-bond acceptors (Lipinski definition) is 3. The largest absolute Gasteiger partial charge is 0.506 e. The van der Waals surface area contributed by atoms with Crippen molar-refractivity contribution in [1.82, 2.24) is 0 Å². The molecule has 1 aliphatic heterocycles. The predicted octanol–water partition coefficient (Wildman–Crippen LogP) is 4.23. The van der Waals surface area contributed by atoms with Crippen molar-refractivity contribution in [2.45, 2.75) is 72.3 Å². The van der Waals surface area contributed by atoms with Crippen LogP contribution < -0.4 is 0 Å². The van der Waals surface area contributed by atoms with Crippen molar-refractivity contribution >= 4 is 8.80 Å². The number of nitrogens with zero attached hydrogens (tertiary/aromatic N) is 1. The molecular formula is C18H40NO3Si+. The van der Waals surface area contributed by atoms with Crippen LogP contribution >= 0.6 is 0 Å². The van der Waals surface area contributed by atoms with Gasteiger partial charge in [0.15, 0.2) is 0 Å². The van der Waals surface area contributed by atoms with Crippen LogP contribution in [0, 0.1) is 0 Å². The molecule has 1 rings (SSSR count). The van der Waals surface area contributed by atoms with Crippen molar-refractivity contribution in [2.24, 2.45) is 0 Å². The molecule has 0 saturated carbocycles. The number of hydrogen-bond donors (Lipinski definition) is 0. The van der Waals surface area contributed by atoms with Gasteiger partial charge in [-0.05, 0) is 33.6 Å².